The maximum Gasteiger partial charge on any atom is 0.263 e. The molecule has 4 aliphatic rings. The third-order valence-corrected chi connectivity index (χ3v) is 13.2. The number of rotatable bonds is 10. The number of nitrogens with one attached hydrogen (secondary N) is 3. The summed E-state index contributed by atoms with van der Waals surface area (Å²) in [5, 5.41) is 8.58. The van der Waals surface area contributed by atoms with E-state index in [-0.39, 0.29) is 29.9 Å². The first-order valence-corrected chi connectivity index (χ1v) is 21.7. The van der Waals surface area contributed by atoms with Crippen LogP contribution in [0.4, 0.5) is 23.0 Å². The number of fused-ring (bicyclic) bond motifs is 1. The van der Waals surface area contributed by atoms with Gasteiger partial charge in [0.2, 0.25) is 17.8 Å². The van der Waals surface area contributed by atoms with Crippen molar-refractivity contribution in [1.29, 1.82) is 0 Å². The summed E-state index contributed by atoms with van der Waals surface area (Å²) < 4.78 is 0.580. The third kappa shape index (κ3) is 8.45. The normalized spacial score (nSPS) is 18.8. The van der Waals surface area contributed by atoms with Gasteiger partial charge < -0.3 is 15.5 Å². The Kier molecular flexibility index (Phi) is 11.6. The lowest BCUT2D eigenvalue weighted by Gasteiger charge is -2.43. The number of carbonyl (C=O) groups excluding carboxylic acids is 5. The number of anilines is 4. The van der Waals surface area contributed by atoms with Gasteiger partial charge in [0, 0.05) is 110 Å². The molecule has 6 heterocycles. The molecule has 3 N–H and O–H groups in total. The number of nitrogens with zero attached hydrogens (tertiary/aromatic N) is 7. The van der Waals surface area contributed by atoms with Gasteiger partial charge in [-0.25, -0.2) is 9.97 Å². The Labute approximate surface area is 367 Å². The van der Waals surface area contributed by atoms with Crippen LogP contribution in [0.2, 0.25) is 0 Å². The molecule has 5 aromatic rings. The van der Waals surface area contributed by atoms with Crippen molar-refractivity contribution < 1.29 is 24.0 Å². The fourth-order valence-electron chi connectivity index (χ4n) is 8.78. The Hall–Kier alpha value is -6.36. The number of piperidine rings is 2. The second-order valence-corrected chi connectivity index (χ2v) is 16.9. The molecule has 0 bridgehead atoms. The molecule has 3 saturated heterocycles. The van der Waals surface area contributed by atoms with Gasteiger partial charge in [0.25, 0.3) is 17.7 Å². The van der Waals surface area contributed by atoms with Gasteiger partial charge >= 0.3 is 0 Å². The van der Waals surface area contributed by atoms with Gasteiger partial charge in [-0.2, -0.15) is 0 Å². The molecule has 0 radical (unpaired) electrons. The van der Waals surface area contributed by atoms with Crippen molar-refractivity contribution in [1.82, 2.24) is 35.0 Å². The number of aromatic nitrogens is 3. The van der Waals surface area contributed by atoms with Crippen LogP contribution in [0.1, 0.15) is 67.9 Å². The SMILES string of the molecule is Cc1ccc(NC(=O)c2ccc(N3CCC(N4CCN(Cc5ccc6c(c5Br)C(=O)N(C5CCC(=O)NC5=O)C6=O)CC4)CC3)cc2)cc1Nc1nccc(-c2cccnc2)n1. The highest BCUT2D eigenvalue weighted by Gasteiger charge is 2.46. The Morgan fingerprint density at radius 3 is 2.40 bits per heavy atom. The van der Waals surface area contributed by atoms with Crippen molar-refractivity contribution in [3.63, 3.8) is 0 Å². The zero-order valence-corrected chi connectivity index (χ0v) is 35.7. The van der Waals surface area contributed by atoms with Crippen molar-refractivity contribution in [3.05, 3.63) is 124 Å². The molecule has 9 rings (SSSR count). The molecule has 0 aliphatic carbocycles. The van der Waals surface area contributed by atoms with Crippen LogP contribution in [-0.4, -0.2) is 111 Å². The number of hydrogen-bond acceptors (Lipinski definition) is 12. The topological polar surface area (TPSA) is 173 Å². The molecular weight excluding hydrogens is 852 g/mol. The number of carbonyl (C=O) groups is 5. The van der Waals surface area contributed by atoms with Gasteiger partial charge in [0.15, 0.2) is 0 Å². The summed E-state index contributed by atoms with van der Waals surface area (Å²) in [6.45, 7) is 8.07. The molecular formula is C46H45BrN10O5. The van der Waals surface area contributed by atoms with E-state index >= 15 is 0 Å². The summed E-state index contributed by atoms with van der Waals surface area (Å²) in [5.74, 6) is -1.78. The minimum atomic E-state index is -0.996. The Balaban J connectivity index is 0.745. The quantitative estimate of drug-likeness (QED) is 0.144. The number of aryl methyl sites for hydroxylation is 1. The van der Waals surface area contributed by atoms with Crippen LogP contribution in [-0.2, 0) is 16.1 Å². The van der Waals surface area contributed by atoms with E-state index in [2.05, 4.69) is 61.5 Å². The van der Waals surface area contributed by atoms with Crippen molar-refractivity contribution in [2.45, 2.75) is 51.2 Å². The summed E-state index contributed by atoms with van der Waals surface area (Å²) in [4.78, 5) is 85.8. The largest absolute Gasteiger partial charge is 0.371 e. The zero-order valence-electron chi connectivity index (χ0n) is 34.1. The molecule has 4 aliphatic heterocycles. The summed E-state index contributed by atoms with van der Waals surface area (Å²) in [7, 11) is 0. The monoisotopic (exact) mass is 896 g/mol. The lowest BCUT2D eigenvalue weighted by atomic mass is 10.0. The second kappa shape index (κ2) is 17.6. The van der Waals surface area contributed by atoms with Crippen LogP contribution in [0.5, 0.6) is 0 Å². The maximum atomic E-state index is 13.5. The number of pyridine rings is 1. The van der Waals surface area contributed by atoms with Crippen LogP contribution in [0.3, 0.4) is 0 Å². The Morgan fingerprint density at radius 2 is 1.66 bits per heavy atom. The van der Waals surface area contributed by atoms with Crippen LogP contribution in [0.25, 0.3) is 11.3 Å². The van der Waals surface area contributed by atoms with E-state index < -0.39 is 29.7 Å². The third-order valence-electron chi connectivity index (χ3n) is 12.3. The molecule has 3 fully saturated rings. The summed E-state index contributed by atoms with van der Waals surface area (Å²) >= 11 is 3.62. The van der Waals surface area contributed by atoms with E-state index in [9.17, 15) is 24.0 Å². The fraction of sp³-hybridized carbons (Fsp3) is 0.304. The van der Waals surface area contributed by atoms with E-state index in [1.54, 1.807) is 24.7 Å². The fourth-order valence-corrected chi connectivity index (χ4v) is 9.42. The maximum absolute atomic E-state index is 13.5. The highest BCUT2D eigenvalue weighted by Crippen LogP contribution is 2.35. The number of amides is 5. The summed E-state index contributed by atoms with van der Waals surface area (Å²) in [6, 6.07) is 22.2. The van der Waals surface area contributed by atoms with E-state index in [0.717, 1.165) is 90.8 Å². The van der Waals surface area contributed by atoms with Crippen LogP contribution in [0, 0.1) is 6.92 Å². The highest BCUT2D eigenvalue weighted by molar-refractivity contribution is 9.10. The van der Waals surface area contributed by atoms with E-state index in [0.29, 0.717) is 34.3 Å². The van der Waals surface area contributed by atoms with Crippen molar-refractivity contribution in [3.8, 4) is 11.3 Å². The lowest BCUT2D eigenvalue weighted by Crippen LogP contribution is -2.54. The number of piperazine rings is 1. The first-order valence-electron chi connectivity index (χ1n) is 20.9. The first-order chi connectivity index (χ1) is 30.1. The van der Waals surface area contributed by atoms with Crippen LogP contribution < -0.4 is 20.9 Å². The van der Waals surface area contributed by atoms with Crippen molar-refractivity contribution >= 4 is 68.5 Å². The number of halogens is 1. The minimum absolute atomic E-state index is 0.0801. The minimum Gasteiger partial charge on any atom is -0.371 e. The molecule has 0 spiro atoms. The molecule has 316 valence electrons. The van der Waals surface area contributed by atoms with Crippen molar-refractivity contribution in [2.24, 2.45) is 0 Å². The van der Waals surface area contributed by atoms with Gasteiger partial charge in [-0.1, -0.05) is 12.1 Å². The molecule has 62 heavy (non-hydrogen) atoms. The van der Waals surface area contributed by atoms with Gasteiger partial charge in [-0.3, -0.25) is 49.0 Å². The van der Waals surface area contributed by atoms with Crippen molar-refractivity contribution in [2.75, 3.05) is 54.8 Å². The first kappa shape index (κ1) is 41.0. The van der Waals surface area contributed by atoms with Gasteiger partial charge in [0.1, 0.15) is 6.04 Å². The summed E-state index contributed by atoms with van der Waals surface area (Å²) in [6.07, 6.45) is 7.47. The predicted molar refractivity (Wildman–Crippen MR) is 237 cm³/mol. The smallest absolute Gasteiger partial charge is 0.263 e. The van der Waals surface area contributed by atoms with Gasteiger partial charge in [0.05, 0.1) is 16.8 Å². The van der Waals surface area contributed by atoms with E-state index in [1.165, 1.54) is 0 Å². The molecule has 15 nitrogen and oxygen atoms in total. The number of hydrogen-bond donors (Lipinski definition) is 3. The Morgan fingerprint density at radius 1 is 0.871 bits per heavy atom. The van der Waals surface area contributed by atoms with Crippen LogP contribution in [0.15, 0.2) is 95.9 Å². The summed E-state index contributed by atoms with van der Waals surface area (Å²) in [5.41, 5.74) is 7.21. The zero-order chi connectivity index (χ0) is 42.9. The van der Waals surface area contributed by atoms with E-state index in [1.807, 2.05) is 73.7 Å². The van der Waals surface area contributed by atoms with Crippen LogP contribution >= 0.6 is 15.9 Å². The number of imide groups is 2. The van der Waals surface area contributed by atoms with Gasteiger partial charge in [-0.15, -0.1) is 0 Å². The molecule has 3 aromatic carbocycles. The van der Waals surface area contributed by atoms with E-state index in [4.69, 9.17) is 0 Å². The molecule has 16 heteroatoms. The molecule has 1 atom stereocenters. The highest BCUT2D eigenvalue weighted by atomic mass is 79.9. The molecule has 1 unspecified atom stereocenters. The standard InChI is InChI=1S/C46H45BrN10O5/c1-28-4-8-32(25-37(28)52-46-49-18-14-36(51-46)30-3-2-17-48-26-30)50-42(59)29-5-9-33(10-6-29)55-19-15-34(16-20-55)56-23-21-54(22-24-56)27-31-7-11-35-40(41(31)47)45(62)57(44(35)61)38-12-13-39(58)53-43(38)60/h2-11,14,17-18,25-26,34,38H,12-13,15-16,19-24,27H2,1H3,(H,50,59)(H,49,51,52)(H,53,58,60). The Bertz CT molecular complexity index is 2560. The molecule has 5 amide bonds. The average molecular weight is 898 g/mol. The lowest BCUT2D eigenvalue weighted by molar-refractivity contribution is -0.136. The predicted octanol–water partition coefficient (Wildman–Crippen LogP) is 5.79. The second-order valence-electron chi connectivity index (χ2n) is 16.1. The molecule has 2 aromatic heterocycles. The van der Waals surface area contributed by atoms with Gasteiger partial charge in [-0.05, 0) is 114 Å². The number of benzene rings is 3. The average Bonchev–Trinajstić information content (AvgIpc) is 3.55. The molecule has 0 saturated carbocycles.